The van der Waals surface area contributed by atoms with Crippen LogP contribution in [0.2, 0.25) is 0 Å². The fraction of sp³-hybridized carbons (Fsp3) is 0.500. The van der Waals surface area contributed by atoms with Crippen LogP contribution < -0.4 is 10.1 Å². The molecule has 0 saturated carbocycles. The molecule has 24 heavy (non-hydrogen) atoms. The van der Waals surface area contributed by atoms with Crippen molar-refractivity contribution >= 4 is 11.7 Å². The maximum atomic E-state index is 12.7. The number of benzene rings is 1. The Labute approximate surface area is 143 Å². The van der Waals surface area contributed by atoms with Gasteiger partial charge in [0.1, 0.15) is 5.75 Å². The van der Waals surface area contributed by atoms with Crippen LogP contribution in [0.3, 0.4) is 0 Å². The summed E-state index contributed by atoms with van der Waals surface area (Å²) in [5.74, 6) is 0.844. The Balaban J connectivity index is 1.91. The molecule has 0 unspecified atom stereocenters. The molecule has 1 aromatic rings. The number of Topliss-reactive ketones (excluding diaryl/α,β-unsaturated/α-hetero) is 1. The molecule has 4 nitrogen and oxygen atoms in total. The van der Waals surface area contributed by atoms with Gasteiger partial charge < -0.3 is 10.1 Å². The molecule has 1 aliphatic heterocycles. The van der Waals surface area contributed by atoms with Crippen molar-refractivity contribution < 1.29 is 14.3 Å². The lowest BCUT2D eigenvalue weighted by Gasteiger charge is -2.37. The topological polar surface area (TPSA) is 55.4 Å². The van der Waals surface area contributed by atoms with Crippen LogP contribution in [0.15, 0.2) is 35.5 Å². The van der Waals surface area contributed by atoms with Crippen molar-refractivity contribution in [3.8, 4) is 5.75 Å². The average molecular weight is 327 g/mol. The number of allylic oxidation sites excluding steroid dienone is 2. The lowest BCUT2D eigenvalue weighted by Crippen LogP contribution is -2.40. The van der Waals surface area contributed by atoms with Crippen LogP contribution in [0.1, 0.15) is 57.9 Å². The molecule has 1 amide bonds. The molecular formula is C20H25NO3. The van der Waals surface area contributed by atoms with Gasteiger partial charge in [-0.3, -0.25) is 9.59 Å². The maximum Gasteiger partial charge on any atom is 0.225 e. The van der Waals surface area contributed by atoms with Crippen molar-refractivity contribution in [2.75, 3.05) is 6.61 Å². The monoisotopic (exact) mass is 327 g/mol. The van der Waals surface area contributed by atoms with E-state index in [-0.39, 0.29) is 23.0 Å². The molecule has 0 bridgehead atoms. The van der Waals surface area contributed by atoms with Crippen LogP contribution in [0.5, 0.6) is 5.75 Å². The largest absolute Gasteiger partial charge is 0.494 e. The minimum atomic E-state index is -0.141. The number of ether oxygens (including phenoxy) is 1. The summed E-state index contributed by atoms with van der Waals surface area (Å²) in [5.41, 5.74) is 2.54. The molecule has 0 fully saturated rings. The van der Waals surface area contributed by atoms with E-state index in [4.69, 9.17) is 4.74 Å². The third kappa shape index (κ3) is 3.37. The summed E-state index contributed by atoms with van der Waals surface area (Å²) in [6.45, 7) is 6.90. The molecule has 1 aromatic carbocycles. The third-order valence-electron chi connectivity index (χ3n) is 4.70. The van der Waals surface area contributed by atoms with E-state index in [9.17, 15) is 9.59 Å². The van der Waals surface area contributed by atoms with Crippen LogP contribution in [0.25, 0.3) is 0 Å². The van der Waals surface area contributed by atoms with Gasteiger partial charge in [0.25, 0.3) is 0 Å². The number of nitrogens with one attached hydrogen (secondary N) is 1. The average Bonchev–Trinajstić information content (AvgIpc) is 2.51. The van der Waals surface area contributed by atoms with Crippen LogP contribution in [-0.2, 0) is 9.59 Å². The van der Waals surface area contributed by atoms with Gasteiger partial charge in [0, 0.05) is 30.0 Å². The summed E-state index contributed by atoms with van der Waals surface area (Å²) < 4.78 is 5.62. The first-order valence-electron chi connectivity index (χ1n) is 8.68. The SMILES string of the molecule is CCCOc1ccc([C@H]2CC(=O)NC3=C2C(=O)CC(C)(C)C3)cc1. The molecule has 1 heterocycles. The minimum Gasteiger partial charge on any atom is -0.494 e. The van der Waals surface area contributed by atoms with Crippen LogP contribution >= 0.6 is 0 Å². The maximum absolute atomic E-state index is 12.7. The molecule has 3 rings (SSSR count). The first kappa shape index (κ1) is 16.7. The second kappa shape index (κ2) is 6.42. The molecule has 0 saturated heterocycles. The summed E-state index contributed by atoms with van der Waals surface area (Å²) >= 11 is 0. The van der Waals surface area contributed by atoms with Gasteiger partial charge in [-0.25, -0.2) is 0 Å². The Bertz CT molecular complexity index is 685. The highest BCUT2D eigenvalue weighted by Gasteiger charge is 2.40. The van der Waals surface area contributed by atoms with Crippen molar-refractivity contribution in [1.29, 1.82) is 0 Å². The summed E-state index contributed by atoms with van der Waals surface area (Å²) in [6.07, 6.45) is 2.58. The van der Waals surface area contributed by atoms with Gasteiger partial charge in [0.05, 0.1) is 6.61 Å². The van der Waals surface area contributed by atoms with E-state index in [1.165, 1.54) is 0 Å². The van der Waals surface area contributed by atoms with E-state index in [1.807, 2.05) is 24.3 Å². The lowest BCUT2D eigenvalue weighted by molar-refractivity contribution is -0.122. The Morgan fingerprint density at radius 3 is 2.54 bits per heavy atom. The normalized spacial score (nSPS) is 22.9. The molecule has 1 N–H and O–H groups in total. The van der Waals surface area contributed by atoms with Gasteiger partial charge in [-0.2, -0.15) is 0 Å². The van der Waals surface area contributed by atoms with Crippen LogP contribution in [-0.4, -0.2) is 18.3 Å². The van der Waals surface area contributed by atoms with Crippen molar-refractivity contribution in [2.24, 2.45) is 5.41 Å². The zero-order valence-electron chi connectivity index (χ0n) is 14.6. The van der Waals surface area contributed by atoms with Crippen molar-refractivity contribution in [2.45, 2.75) is 52.4 Å². The summed E-state index contributed by atoms with van der Waals surface area (Å²) in [4.78, 5) is 24.9. The minimum absolute atomic E-state index is 0.00411. The first-order chi connectivity index (χ1) is 11.4. The zero-order chi connectivity index (χ0) is 17.3. The summed E-state index contributed by atoms with van der Waals surface area (Å²) in [5, 5.41) is 2.94. The number of hydrogen-bond donors (Lipinski definition) is 1. The lowest BCUT2D eigenvalue weighted by atomic mass is 9.70. The second-order valence-corrected chi connectivity index (χ2v) is 7.56. The molecular weight excluding hydrogens is 302 g/mol. The Morgan fingerprint density at radius 1 is 1.17 bits per heavy atom. The first-order valence-corrected chi connectivity index (χ1v) is 8.68. The fourth-order valence-electron chi connectivity index (χ4n) is 3.66. The molecule has 0 aromatic heterocycles. The van der Waals surface area contributed by atoms with E-state index in [1.54, 1.807) is 0 Å². The smallest absolute Gasteiger partial charge is 0.225 e. The molecule has 4 heteroatoms. The van der Waals surface area contributed by atoms with E-state index >= 15 is 0 Å². The zero-order valence-corrected chi connectivity index (χ0v) is 14.6. The number of rotatable bonds is 4. The molecule has 0 spiro atoms. The number of hydrogen-bond acceptors (Lipinski definition) is 3. The van der Waals surface area contributed by atoms with Crippen LogP contribution in [0, 0.1) is 5.41 Å². The number of carbonyl (C=O) groups excluding carboxylic acids is 2. The van der Waals surface area contributed by atoms with Crippen molar-refractivity contribution in [3.63, 3.8) is 0 Å². The van der Waals surface area contributed by atoms with E-state index in [0.717, 1.165) is 35.4 Å². The Hall–Kier alpha value is -2.10. The molecule has 1 aliphatic carbocycles. The van der Waals surface area contributed by atoms with Gasteiger partial charge in [-0.05, 0) is 36.0 Å². The van der Waals surface area contributed by atoms with Crippen molar-refractivity contribution in [3.05, 3.63) is 41.1 Å². The van der Waals surface area contributed by atoms with Gasteiger partial charge in [-0.15, -0.1) is 0 Å². The molecule has 128 valence electrons. The highest BCUT2D eigenvalue weighted by molar-refractivity contribution is 6.02. The highest BCUT2D eigenvalue weighted by atomic mass is 16.5. The van der Waals surface area contributed by atoms with Crippen molar-refractivity contribution in [1.82, 2.24) is 5.32 Å². The summed E-state index contributed by atoms with van der Waals surface area (Å²) in [6, 6.07) is 7.81. The number of carbonyl (C=O) groups is 2. The van der Waals surface area contributed by atoms with Gasteiger partial charge in [-0.1, -0.05) is 32.9 Å². The predicted octanol–water partition coefficient (Wildman–Crippen LogP) is 3.72. The van der Waals surface area contributed by atoms with Gasteiger partial charge in [0.15, 0.2) is 5.78 Å². The predicted molar refractivity (Wildman–Crippen MR) is 92.8 cm³/mol. The number of ketones is 1. The number of amides is 1. The van der Waals surface area contributed by atoms with E-state index in [2.05, 4.69) is 26.1 Å². The van der Waals surface area contributed by atoms with Gasteiger partial charge >= 0.3 is 0 Å². The Kier molecular flexibility index (Phi) is 4.48. The standard InChI is InChI=1S/C20H25NO3/c1-4-9-24-14-7-5-13(6-8-14)15-10-18(23)21-16-11-20(2,3)12-17(22)19(15)16/h5-8,15H,4,9-12H2,1-3H3,(H,21,23)/t15-/m1/s1. The Morgan fingerprint density at radius 2 is 1.88 bits per heavy atom. The molecule has 1 atom stereocenters. The van der Waals surface area contributed by atoms with E-state index < -0.39 is 0 Å². The van der Waals surface area contributed by atoms with Gasteiger partial charge in [0.2, 0.25) is 5.91 Å². The second-order valence-electron chi connectivity index (χ2n) is 7.56. The summed E-state index contributed by atoms with van der Waals surface area (Å²) in [7, 11) is 0. The molecule has 0 radical (unpaired) electrons. The third-order valence-corrected chi connectivity index (χ3v) is 4.70. The fourth-order valence-corrected chi connectivity index (χ4v) is 3.66. The van der Waals surface area contributed by atoms with E-state index in [0.29, 0.717) is 19.4 Å². The molecule has 2 aliphatic rings. The van der Waals surface area contributed by atoms with Crippen LogP contribution in [0.4, 0.5) is 0 Å². The quantitative estimate of drug-likeness (QED) is 0.917. The highest BCUT2D eigenvalue weighted by Crippen LogP contribution is 2.44.